The number of hydrogen-bond donors (Lipinski definition) is 0. The number of ether oxygens (including phenoxy) is 16. The van der Waals surface area contributed by atoms with Crippen molar-refractivity contribution in [1.29, 1.82) is 0 Å². The maximum absolute atomic E-state index is 15.9. The highest BCUT2D eigenvalue weighted by molar-refractivity contribution is 6.10. The summed E-state index contributed by atoms with van der Waals surface area (Å²) >= 11 is 0. The molecule has 0 atom stereocenters. The lowest BCUT2D eigenvalue weighted by Gasteiger charge is -2.41. The van der Waals surface area contributed by atoms with Crippen LogP contribution >= 0.6 is 0 Å². The van der Waals surface area contributed by atoms with Crippen molar-refractivity contribution < 1.29 is 114 Å². The Bertz CT molecular complexity index is 4020. The van der Waals surface area contributed by atoms with Crippen molar-refractivity contribution in [3.05, 3.63) is 235 Å². The number of hydrogen-bond acceptors (Lipinski definition) is 24. The minimum atomic E-state index is -1.87. The van der Waals surface area contributed by atoms with Crippen molar-refractivity contribution in [2.45, 2.75) is 256 Å². The molecule has 17 aliphatic rings. The van der Waals surface area contributed by atoms with E-state index >= 15 is 38.4 Å². The first-order valence-electron chi connectivity index (χ1n) is 39.7. The van der Waals surface area contributed by atoms with E-state index in [4.69, 9.17) is 75.8 Å². The standard InChI is InChI=1S/C96H120O24/c1-81(2,3)113-73(97)65-57-33-34-58(66(65)74(98)114-82(4,5)6)90(106-26)45-47-92(108-28,48-46-90)60-37-38-62(70(78(102)118-86(16,17)18)68(60)76(100)116-84(10,11)12)94(110-30)53-55-96(112-32,56-54-94)64-40-39-63(71(79(103)119-87(19,20)21)72(64)80(104)120-88(22,23)24)95(111-31)51-49-93(109-29,50-52-95)61-36-35-59(91(107-27)43-41-89(57,105-25)42-44-91)67(75(99)115-83(7,8)9)69(61)77(101)117-85(13,14)15/h33-56H,1-32H3. The number of benzene rings is 4. The van der Waals surface area contributed by atoms with Gasteiger partial charge in [-0.1, -0.05) is 48.5 Å². The molecule has 21 rings (SSSR count). The molecule has 0 heterocycles. The summed E-state index contributed by atoms with van der Waals surface area (Å²) in [4.78, 5) is 127. The zero-order valence-corrected chi connectivity index (χ0v) is 75.7. The van der Waals surface area contributed by atoms with Crippen LogP contribution in [0.25, 0.3) is 0 Å². The second-order valence-electron chi connectivity index (χ2n) is 38.3. The molecule has 0 aromatic heterocycles. The largest absolute Gasteiger partial charge is 0.456 e. The first-order valence-corrected chi connectivity index (χ1v) is 39.7. The Hall–Kier alpha value is -9.76. The van der Waals surface area contributed by atoms with E-state index in [9.17, 15) is 0 Å². The average molecular weight is 1660 g/mol. The van der Waals surface area contributed by atoms with Crippen molar-refractivity contribution in [2.75, 3.05) is 56.9 Å². The first-order chi connectivity index (χ1) is 55.1. The van der Waals surface area contributed by atoms with Gasteiger partial charge in [-0.25, -0.2) is 38.4 Å². The van der Waals surface area contributed by atoms with Gasteiger partial charge in [-0.2, -0.15) is 0 Å². The molecule has 16 bridgehead atoms. The summed E-state index contributed by atoms with van der Waals surface area (Å²) in [6.07, 6.45) is 25.1. The zero-order chi connectivity index (χ0) is 90.1. The van der Waals surface area contributed by atoms with Gasteiger partial charge >= 0.3 is 47.8 Å². The van der Waals surface area contributed by atoms with Gasteiger partial charge in [0.2, 0.25) is 0 Å². The van der Waals surface area contributed by atoms with Crippen molar-refractivity contribution in [1.82, 2.24) is 0 Å². The molecule has 0 aliphatic heterocycles. The lowest BCUT2D eigenvalue weighted by molar-refractivity contribution is -0.00136. The molecule has 0 saturated heterocycles. The third-order valence-electron chi connectivity index (χ3n) is 20.3. The van der Waals surface area contributed by atoms with Crippen LogP contribution in [0.2, 0.25) is 0 Å². The van der Waals surface area contributed by atoms with E-state index < -0.39 is 137 Å². The fourth-order valence-electron chi connectivity index (χ4n) is 15.2. The maximum Gasteiger partial charge on any atom is 0.339 e. The summed E-state index contributed by atoms with van der Waals surface area (Å²) in [6.45, 7) is 39.9. The lowest BCUT2D eigenvalue weighted by atomic mass is 9.72. The number of carbonyl (C=O) groups excluding carboxylic acids is 8. The number of rotatable bonds is 16. The fourth-order valence-corrected chi connectivity index (χ4v) is 15.2. The van der Waals surface area contributed by atoms with Crippen molar-refractivity contribution >= 4 is 47.8 Å². The molecule has 24 heteroatoms. The van der Waals surface area contributed by atoms with Gasteiger partial charge in [0.25, 0.3) is 0 Å². The van der Waals surface area contributed by atoms with Crippen molar-refractivity contribution in [2.24, 2.45) is 0 Å². The molecule has 648 valence electrons. The molecular formula is C96H120O24. The molecule has 0 saturated carbocycles. The summed E-state index contributed by atoms with van der Waals surface area (Å²) in [7, 11) is 11.1. The van der Waals surface area contributed by atoms with Crippen LogP contribution in [0, 0.1) is 0 Å². The fraction of sp³-hybridized carbons (Fsp3) is 0.500. The molecule has 4 aromatic carbocycles. The third-order valence-corrected chi connectivity index (χ3v) is 20.3. The summed E-state index contributed by atoms with van der Waals surface area (Å²) in [5, 5.41) is 0. The minimum absolute atomic E-state index is 0.0342. The molecule has 0 amide bonds. The van der Waals surface area contributed by atoms with Gasteiger partial charge in [0, 0.05) is 101 Å². The monoisotopic (exact) mass is 1660 g/mol. The predicted molar refractivity (Wildman–Crippen MR) is 450 cm³/mol. The molecule has 0 radical (unpaired) electrons. The lowest BCUT2D eigenvalue weighted by Crippen LogP contribution is -2.41. The average Bonchev–Trinajstić information content (AvgIpc) is 0.719. The van der Waals surface area contributed by atoms with Gasteiger partial charge in [0.05, 0.1) is 44.5 Å². The molecule has 4 aromatic rings. The molecule has 24 nitrogen and oxygen atoms in total. The topological polar surface area (TPSA) is 284 Å². The highest BCUT2D eigenvalue weighted by Crippen LogP contribution is 2.53. The number of esters is 8. The Kier molecular flexibility index (Phi) is 25.5. The summed E-state index contributed by atoms with van der Waals surface area (Å²) in [5.74, 6) is -8.01. The van der Waals surface area contributed by atoms with Crippen molar-refractivity contribution in [3.63, 3.8) is 0 Å². The molecule has 0 spiro atoms. The third kappa shape index (κ3) is 18.7. The predicted octanol–water partition coefficient (Wildman–Crippen LogP) is 17.7. The van der Waals surface area contributed by atoms with Crippen LogP contribution < -0.4 is 0 Å². The summed E-state index contributed by atoms with van der Waals surface area (Å²) < 4.78 is 104. The van der Waals surface area contributed by atoms with Gasteiger partial charge < -0.3 is 75.8 Å². The van der Waals surface area contributed by atoms with Crippen LogP contribution in [-0.2, 0) is 121 Å². The van der Waals surface area contributed by atoms with Crippen LogP contribution in [0.4, 0.5) is 0 Å². The van der Waals surface area contributed by atoms with Crippen LogP contribution in [0.5, 0.6) is 0 Å². The molecule has 17 aliphatic carbocycles. The Balaban J connectivity index is 1.53. The second kappa shape index (κ2) is 32.6. The Morgan fingerprint density at radius 3 is 0.300 bits per heavy atom. The van der Waals surface area contributed by atoms with Gasteiger partial charge in [-0.05, 0) is 263 Å². The normalized spacial score (nSPS) is 24.5. The van der Waals surface area contributed by atoms with E-state index in [1.807, 2.05) is 0 Å². The number of carbonyl (C=O) groups is 8. The van der Waals surface area contributed by atoms with Crippen LogP contribution in [0.3, 0.4) is 0 Å². The summed E-state index contributed by atoms with van der Waals surface area (Å²) in [6, 6.07) is 12.6. The molecule has 0 N–H and O–H groups in total. The first kappa shape index (κ1) is 94.1. The molecule has 0 unspecified atom stereocenters. The summed E-state index contributed by atoms with van der Waals surface area (Å²) in [5.41, 5.74) is -27.1. The Morgan fingerprint density at radius 1 is 0.167 bits per heavy atom. The van der Waals surface area contributed by atoms with E-state index in [0.29, 0.717) is 0 Å². The van der Waals surface area contributed by atoms with Crippen LogP contribution in [-0.4, -0.2) is 149 Å². The minimum Gasteiger partial charge on any atom is -0.456 e. The van der Waals surface area contributed by atoms with Crippen LogP contribution in [0.1, 0.15) is 294 Å². The van der Waals surface area contributed by atoms with Gasteiger partial charge in [-0.3, -0.25) is 0 Å². The van der Waals surface area contributed by atoms with Gasteiger partial charge in [0.1, 0.15) is 89.6 Å². The van der Waals surface area contributed by atoms with Gasteiger partial charge in [0.15, 0.2) is 0 Å². The molecule has 120 heavy (non-hydrogen) atoms. The van der Waals surface area contributed by atoms with Gasteiger partial charge in [-0.15, -0.1) is 0 Å². The molecular weight excluding hydrogens is 1540 g/mol. The SMILES string of the molecule is COC12C=CC(OC)(C=C1)c1ccc(c(C(=O)OC(C)(C)C)c1C(=O)OC(C)(C)C)C1(OC)C=CC(OC)(C=C1)c1ccc(c(C(=O)OC(C)(C)C)c1C(=O)OC(C)(C)C)C1(OC)C=CC(OC)(C=C1)c1ccc(c(C(=O)OC(C)(C)C)c1C(=O)OC(C)(C)C)C1(OC)C=CC(OC)(C=C1)c1ccc2c(C(=O)OC(C)(C)C)c1C(=O)OC(C)(C)C. The zero-order valence-electron chi connectivity index (χ0n) is 75.7. The quantitative estimate of drug-likeness (QED) is 0.0572. The second-order valence-corrected chi connectivity index (χ2v) is 38.3. The van der Waals surface area contributed by atoms with E-state index in [0.717, 1.165) is 0 Å². The Labute approximate surface area is 705 Å². The maximum atomic E-state index is 15.9. The molecule has 0 fully saturated rings. The highest BCUT2D eigenvalue weighted by Gasteiger charge is 2.53. The van der Waals surface area contributed by atoms with Crippen molar-refractivity contribution in [3.8, 4) is 0 Å². The number of methoxy groups -OCH3 is 8. The van der Waals surface area contributed by atoms with E-state index in [1.54, 1.807) is 312 Å². The van der Waals surface area contributed by atoms with E-state index in [-0.39, 0.29) is 89.0 Å². The van der Waals surface area contributed by atoms with E-state index in [2.05, 4.69) is 0 Å². The smallest absolute Gasteiger partial charge is 0.339 e. The van der Waals surface area contributed by atoms with Crippen LogP contribution in [0.15, 0.2) is 146 Å². The van der Waals surface area contributed by atoms with E-state index in [1.165, 1.54) is 56.9 Å². The Morgan fingerprint density at radius 2 is 0.242 bits per heavy atom. The highest BCUT2D eigenvalue weighted by atomic mass is 16.6.